The SMILES string of the molecule is Cc1cccnc1NC(=O)CCC(=O)N1CCOC2(C/C=C/Cc3ccccc3OCCNC2=O)C1. The number of benzene rings is 1. The standard InChI is InChI=1S/C27H32N4O5/c1-20-7-6-14-28-25(20)30-23(32)11-12-24(33)31-16-18-36-27(19-31)13-5-4-9-21-8-2-3-10-22(21)35-17-15-29-26(27)34/h2-8,10,14H,9,11-13,15-19H2,1H3,(H,29,34)(H,28,30,32)/b5-4+. The van der Waals surface area contributed by atoms with Crippen LogP contribution in [0.15, 0.2) is 54.7 Å². The molecule has 1 aromatic carbocycles. The molecule has 1 fully saturated rings. The second-order valence-electron chi connectivity index (χ2n) is 8.97. The number of pyridine rings is 1. The third kappa shape index (κ3) is 6.28. The normalized spacial score (nSPS) is 21.2. The Hall–Kier alpha value is -3.72. The van der Waals surface area contributed by atoms with Gasteiger partial charge in [0.2, 0.25) is 11.8 Å². The number of nitrogens with one attached hydrogen (secondary N) is 2. The van der Waals surface area contributed by atoms with E-state index in [0.717, 1.165) is 16.9 Å². The van der Waals surface area contributed by atoms with Gasteiger partial charge >= 0.3 is 0 Å². The highest BCUT2D eigenvalue weighted by atomic mass is 16.5. The van der Waals surface area contributed by atoms with Crippen LogP contribution in [0.4, 0.5) is 5.82 Å². The lowest BCUT2D eigenvalue weighted by Gasteiger charge is -2.41. The maximum Gasteiger partial charge on any atom is 0.254 e. The molecule has 0 saturated carbocycles. The van der Waals surface area contributed by atoms with E-state index in [2.05, 4.69) is 15.6 Å². The second-order valence-corrected chi connectivity index (χ2v) is 8.97. The summed E-state index contributed by atoms with van der Waals surface area (Å²) in [5.74, 6) is 0.555. The van der Waals surface area contributed by atoms with Gasteiger partial charge in [-0.15, -0.1) is 0 Å². The predicted octanol–water partition coefficient (Wildman–Crippen LogP) is 2.40. The maximum absolute atomic E-state index is 13.2. The summed E-state index contributed by atoms with van der Waals surface area (Å²) in [7, 11) is 0. The Balaban J connectivity index is 1.38. The molecule has 4 rings (SSSR count). The van der Waals surface area contributed by atoms with Gasteiger partial charge in [0.25, 0.3) is 5.91 Å². The average Bonchev–Trinajstić information content (AvgIpc) is 2.89. The van der Waals surface area contributed by atoms with Crippen molar-refractivity contribution in [2.75, 3.05) is 38.2 Å². The van der Waals surface area contributed by atoms with E-state index in [0.29, 0.717) is 38.4 Å². The molecule has 9 nitrogen and oxygen atoms in total. The maximum atomic E-state index is 13.2. The summed E-state index contributed by atoms with van der Waals surface area (Å²) < 4.78 is 11.9. The van der Waals surface area contributed by atoms with Gasteiger partial charge in [-0.25, -0.2) is 4.98 Å². The van der Waals surface area contributed by atoms with E-state index in [1.165, 1.54) is 0 Å². The number of aromatic nitrogens is 1. The highest BCUT2D eigenvalue weighted by Crippen LogP contribution is 2.26. The summed E-state index contributed by atoms with van der Waals surface area (Å²) in [5.41, 5.74) is 0.731. The molecule has 1 spiro atoms. The highest BCUT2D eigenvalue weighted by Gasteiger charge is 2.44. The molecule has 3 heterocycles. The van der Waals surface area contributed by atoms with Crippen LogP contribution in [0.5, 0.6) is 5.75 Å². The van der Waals surface area contributed by atoms with Crippen LogP contribution < -0.4 is 15.4 Å². The first-order chi connectivity index (χ1) is 17.5. The van der Waals surface area contributed by atoms with Gasteiger partial charge in [0, 0.05) is 32.0 Å². The number of fused-ring (bicyclic) bond motifs is 1. The van der Waals surface area contributed by atoms with Crippen LogP contribution in [-0.2, 0) is 25.5 Å². The van der Waals surface area contributed by atoms with E-state index in [1.807, 2.05) is 49.4 Å². The minimum absolute atomic E-state index is 0.0298. The van der Waals surface area contributed by atoms with Gasteiger partial charge in [0.15, 0.2) is 5.60 Å². The predicted molar refractivity (Wildman–Crippen MR) is 135 cm³/mol. The van der Waals surface area contributed by atoms with Crippen LogP contribution >= 0.6 is 0 Å². The quantitative estimate of drug-likeness (QED) is 0.635. The summed E-state index contributed by atoms with van der Waals surface area (Å²) in [6.45, 7) is 3.24. The van der Waals surface area contributed by atoms with Gasteiger partial charge in [-0.1, -0.05) is 36.4 Å². The van der Waals surface area contributed by atoms with Crippen LogP contribution in [0, 0.1) is 6.92 Å². The van der Waals surface area contributed by atoms with Crippen molar-refractivity contribution in [3.8, 4) is 5.75 Å². The number of rotatable bonds is 4. The lowest BCUT2D eigenvalue weighted by molar-refractivity contribution is -0.165. The molecule has 0 radical (unpaired) electrons. The number of hydrogen-bond acceptors (Lipinski definition) is 6. The van der Waals surface area contributed by atoms with E-state index in [-0.39, 0.29) is 43.7 Å². The van der Waals surface area contributed by atoms with Gasteiger partial charge in [0.1, 0.15) is 18.2 Å². The zero-order valence-electron chi connectivity index (χ0n) is 20.5. The molecule has 2 aromatic rings. The van der Waals surface area contributed by atoms with Crippen molar-refractivity contribution in [1.29, 1.82) is 0 Å². The molecule has 1 atom stereocenters. The Morgan fingerprint density at radius 3 is 2.86 bits per heavy atom. The Bertz CT molecular complexity index is 1130. The van der Waals surface area contributed by atoms with E-state index < -0.39 is 5.60 Å². The van der Waals surface area contributed by atoms with E-state index in [4.69, 9.17) is 9.47 Å². The van der Waals surface area contributed by atoms with Crippen molar-refractivity contribution in [2.45, 2.75) is 38.2 Å². The summed E-state index contributed by atoms with van der Waals surface area (Å²) in [6, 6.07) is 11.5. The number of aryl methyl sites for hydroxylation is 1. The van der Waals surface area contributed by atoms with E-state index in [9.17, 15) is 14.4 Å². The third-order valence-electron chi connectivity index (χ3n) is 6.36. The fourth-order valence-electron chi connectivity index (χ4n) is 4.32. The summed E-state index contributed by atoms with van der Waals surface area (Å²) in [4.78, 5) is 44.3. The molecule has 2 aliphatic heterocycles. The number of allylic oxidation sites excluding steroid dienone is 1. The van der Waals surface area contributed by atoms with Gasteiger partial charge in [-0.05, 0) is 36.6 Å². The smallest absolute Gasteiger partial charge is 0.254 e. The Labute approximate surface area is 210 Å². The van der Waals surface area contributed by atoms with Crippen LogP contribution in [-0.4, -0.2) is 66.1 Å². The molecular weight excluding hydrogens is 460 g/mol. The number of hydrogen-bond donors (Lipinski definition) is 2. The van der Waals surface area contributed by atoms with Crippen LogP contribution in [0.2, 0.25) is 0 Å². The Morgan fingerprint density at radius 2 is 2.00 bits per heavy atom. The van der Waals surface area contributed by atoms with Crippen molar-refractivity contribution in [2.24, 2.45) is 0 Å². The minimum Gasteiger partial charge on any atom is -0.491 e. The Morgan fingerprint density at radius 1 is 1.14 bits per heavy atom. The number of ether oxygens (including phenoxy) is 2. The molecule has 1 aromatic heterocycles. The molecule has 36 heavy (non-hydrogen) atoms. The van der Waals surface area contributed by atoms with Gasteiger partial charge in [0.05, 0.1) is 19.7 Å². The van der Waals surface area contributed by atoms with Crippen molar-refractivity contribution < 1.29 is 23.9 Å². The largest absolute Gasteiger partial charge is 0.491 e. The first kappa shape index (κ1) is 25.4. The number of morpholine rings is 1. The molecule has 0 aliphatic carbocycles. The number of carbonyl (C=O) groups excluding carboxylic acids is 3. The second kappa shape index (κ2) is 11.8. The number of nitrogens with zero attached hydrogens (tertiary/aromatic N) is 2. The van der Waals surface area contributed by atoms with Crippen LogP contribution in [0.1, 0.15) is 30.4 Å². The van der Waals surface area contributed by atoms with E-state index in [1.54, 1.807) is 17.2 Å². The van der Waals surface area contributed by atoms with Gasteiger partial charge in [-0.3, -0.25) is 14.4 Å². The van der Waals surface area contributed by atoms with Crippen molar-refractivity contribution in [3.05, 3.63) is 65.9 Å². The Kier molecular flexibility index (Phi) is 8.32. The number of anilines is 1. The van der Waals surface area contributed by atoms with Crippen molar-refractivity contribution >= 4 is 23.5 Å². The molecule has 1 saturated heterocycles. The lowest BCUT2D eigenvalue weighted by Crippen LogP contribution is -2.61. The van der Waals surface area contributed by atoms with E-state index >= 15 is 0 Å². The van der Waals surface area contributed by atoms with Crippen LogP contribution in [0.3, 0.4) is 0 Å². The molecule has 0 bridgehead atoms. The number of amides is 3. The fourth-order valence-corrected chi connectivity index (χ4v) is 4.32. The monoisotopic (exact) mass is 492 g/mol. The lowest BCUT2D eigenvalue weighted by atomic mass is 9.94. The van der Waals surface area contributed by atoms with Crippen LogP contribution in [0.25, 0.3) is 0 Å². The minimum atomic E-state index is -1.18. The molecule has 2 aliphatic rings. The highest BCUT2D eigenvalue weighted by molar-refractivity contribution is 5.93. The van der Waals surface area contributed by atoms with Crippen molar-refractivity contribution in [3.63, 3.8) is 0 Å². The van der Waals surface area contributed by atoms with Crippen molar-refractivity contribution in [1.82, 2.24) is 15.2 Å². The molecule has 9 heteroatoms. The molecule has 190 valence electrons. The van der Waals surface area contributed by atoms with Gasteiger partial charge in [-0.2, -0.15) is 0 Å². The summed E-state index contributed by atoms with van der Waals surface area (Å²) in [6.07, 6.45) is 6.60. The first-order valence-corrected chi connectivity index (χ1v) is 12.2. The van der Waals surface area contributed by atoms with Gasteiger partial charge < -0.3 is 25.0 Å². The topological polar surface area (TPSA) is 110 Å². The first-order valence-electron chi connectivity index (χ1n) is 12.2. The molecule has 1 unspecified atom stereocenters. The zero-order valence-corrected chi connectivity index (χ0v) is 20.5. The number of para-hydroxylation sites is 1. The summed E-state index contributed by atoms with van der Waals surface area (Å²) in [5, 5.41) is 5.65. The number of carbonyl (C=O) groups is 3. The summed E-state index contributed by atoms with van der Waals surface area (Å²) >= 11 is 0. The molecule has 3 amide bonds. The average molecular weight is 493 g/mol. The zero-order chi connectivity index (χ0) is 25.4. The molecular formula is C27H32N4O5. The molecule has 2 N–H and O–H groups in total. The fraction of sp³-hybridized carbons (Fsp3) is 0.407. The third-order valence-corrected chi connectivity index (χ3v) is 6.36.